The maximum Gasteiger partial charge on any atom is 0.191 e. The lowest BCUT2D eigenvalue weighted by molar-refractivity contribution is 0.0377. The first-order valence-corrected chi connectivity index (χ1v) is 10.8. The van der Waals surface area contributed by atoms with Gasteiger partial charge in [0.15, 0.2) is 5.96 Å². The van der Waals surface area contributed by atoms with Crippen LogP contribution in [-0.2, 0) is 17.6 Å². The fourth-order valence-electron chi connectivity index (χ4n) is 3.47. The Labute approximate surface area is 202 Å². The van der Waals surface area contributed by atoms with Crippen molar-refractivity contribution in [3.05, 3.63) is 54.0 Å². The smallest absolute Gasteiger partial charge is 0.191 e. The number of ether oxygens (including phenoxy) is 2. The zero-order valence-corrected chi connectivity index (χ0v) is 20.7. The lowest BCUT2D eigenvalue weighted by Gasteiger charge is -2.26. The number of nitrogens with zero attached hydrogens (tertiary/aromatic N) is 2. The van der Waals surface area contributed by atoms with Crippen LogP contribution < -0.4 is 15.4 Å². The van der Waals surface area contributed by atoms with Crippen LogP contribution in [0.15, 0.2) is 52.1 Å². The molecule has 1 fully saturated rings. The lowest BCUT2D eigenvalue weighted by Crippen LogP contribution is -2.40. The average molecular weight is 542 g/mol. The second-order valence-electron chi connectivity index (χ2n) is 7.28. The first kappa shape index (κ1) is 25.5. The number of rotatable bonds is 11. The predicted octanol–water partition coefficient (Wildman–Crippen LogP) is 2.95. The van der Waals surface area contributed by atoms with Gasteiger partial charge in [-0.15, -0.1) is 24.0 Å². The van der Waals surface area contributed by atoms with Crippen LogP contribution in [0.25, 0.3) is 0 Å². The lowest BCUT2D eigenvalue weighted by atomic mass is 10.1. The third-order valence-corrected chi connectivity index (χ3v) is 5.13. The highest BCUT2D eigenvalue weighted by molar-refractivity contribution is 14.0. The number of guanidine groups is 1. The van der Waals surface area contributed by atoms with Crippen molar-refractivity contribution in [1.82, 2.24) is 15.5 Å². The number of hydrogen-bond acceptors (Lipinski definition) is 5. The Morgan fingerprint density at radius 2 is 1.84 bits per heavy atom. The van der Waals surface area contributed by atoms with Crippen LogP contribution in [0.1, 0.15) is 17.7 Å². The molecule has 0 atom stereocenters. The highest BCUT2D eigenvalue weighted by Gasteiger charge is 2.09. The standard InChI is InChI=1S/C23H34N4O3.HI/c1-28-22-8-3-2-6-20(22)9-12-25-23(26-13-10-21-7-4-17-30-21)24-11-5-14-27-15-18-29-19-16-27;/h2-4,6-8,17H,5,9-16,18-19H2,1H3,(H2,24,25,26);1H. The van der Waals surface area contributed by atoms with Gasteiger partial charge in [0.25, 0.3) is 0 Å². The molecule has 31 heavy (non-hydrogen) atoms. The zero-order valence-electron chi connectivity index (χ0n) is 18.3. The highest BCUT2D eigenvalue weighted by atomic mass is 127. The Morgan fingerprint density at radius 3 is 2.58 bits per heavy atom. The first-order valence-electron chi connectivity index (χ1n) is 10.8. The summed E-state index contributed by atoms with van der Waals surface area (Å²) in [7, 11) is 1.71. The molecular formula is C23H35IN4O3. The Bertz CT molecular complexity index is 749. The molecule has 0 bridgehead atoms. The van der Waals surface area contributed by atoms with E-state index in [0.29, 0.717) is 0 Å². The molecule has 1 aliphatic heterocycles. The molecule has 172 valence electrons. The van der Waals surface area contributed by atoms with Gasteiger partial charge in [-0.25, -0.2) is 0 Å². The van der Waals surface area contributed by atoms with E-state index in [4.69, 9.17) is 18.9 Å². The zero-order chi connectivity index (χ0) is 20.9. The topological polar surface area (TPSA) is 71.3 Å². The van der Waals surface area contributed by atoms with Gasteiger partial charge in [-0.3, -0.25) is 9.89 Å². The van der Waals surface area contributed by atoms with Crippen LogP contribution in [-0.4, -0.2) is 70.5 Å². The van der Waals surface area contributed by atoms with E-state index in [9.17, 15) is 0 Å². The number of para-hydroxylation sites is 1. The summed E-state index contributed by atoms with van der Waals surface area (Å²) in [6, 6.07) is 12.0. The Morgan fingerprint density at radius 1 is 1.06 bits per heavy atom. The number of nitrogens with one attached hydrogen (secondary N) is 2. The van der Waals surface area contributed by atoms with Gasteiger partial charge in [0.05, 0.1) is 26.6 Å². The van der Waals surface area contributed by atoms with E-state index in [0.717, 1.165) is 89.2 Å². The summed E-state index contributed by atoms with van der Waals surface area (Å²) < 4.78 is 16.3. The van der Waals surface area contributed by atoms with Gasteiger partial charge in [0, 0.05) is 45.7 Å². The van der Waals surface area contributed by atoms with Crippen LogP contribution in [0.3, 0.4) is 0 Å². The van der Waals surface area contributed by atoms with Crippen LogP contribution >= 0.6 is 24.0 Å². The van der Waals surface area contributed by atoms with Crippen LogP contribution in [0.2, 0.25) is 0 Å². The first-order chi connectivity index (χ1) is 14.8. The molecule has 1 aromatic carbocycles. The van der Waals surface area contributed by atoms with Crippen molar-refractivity contribution in [3.8, 4) is 5.75 Å². The van der Waals surface area contributed by atoms with Crippen molar-refractivity contribution < 1.29 is 13.9 Å². The molecule has 8 heteroatoms. The molecule has 1 aromatic heterocycles. The largest absolute Gasteiger partial charge is 0.496 e. The molecule has 1 aliphatic rings. The Balaban J connectivity index is 0.00000341. The molecule has 1 saturated heterocycles. The monoisotopic (exact) mass is 542 g/mol. The molecule has 2 heterocycles. The fourth-order valence-corrected chi connectivity index (χ4v) is 3.47. The van der Waals surface area contributed by atoms with Crippen molar-refractivity contribution in [3.63, 3.8) is 0 Å². The summed E-state index contributed by atoms with van der Waals surface area (Å²) in [5, 5.41) is 6.88. The SMILES string of the molecule is COc1ccccc1CCNC(=NCCCN1CCOCC1)NCCc1ccco1.I. The highest BCUT2D eigenvalue weighted by Crippen LogP contribution is 2.17. The van der Waals surface area contributed by atoms with Crippen molar-refractivity contribution in [2.75, 3.05) is 59.6 Å². The molecule has 2 N–H and O–H groups in total. The second kappa shape index (κ2) is 15.1. The van der Waals surface area contributed by atoms with Crippen LogP contribution in [0.5, 0.6) is 5.75 Å². The molecule has 0 unspecified atom stereocenters. The maximum atomic E-state index is 5.45. The van der Waals surface area contributed by atoms with E-state index in [1.54, 1.807) is 13.4 Å². The summed E-state index contributed by atoms with van der Waals surface area (Å²) in [6.07, 6.45) is 4.45. The van der Waals surface area contributed by atoms with E-state index in [2.05, 4.69) is 21.6 Å². The molecule has 0 radical (unpaired) electrons. The summed E-state index contributed by atoms with van der Waals surface area (Å²) in [6.45, 7) is 7.15. The van der Waals surface area contributed by atoms with E-state index in [1.165, 1.54) is 5.56 Å². The third kappa shape index (κ3) is 9.49. The summed E-state index contributed by atoms with van der Waals surface area (Å²) >= 11 is 0. The summed E-state index contributed by atoms with van der Waals surface area (Å²) in [4.78, 5) is 7.22. The third-order valence-electron chi connectivity index (χ3n) is 5.13. The van der Waals surface area contributed by atoms with Crippen molar-refractivity contribution >= 4 is 29.9 Å². The van der Waals surface area contributed by atoms with E-state index in [1.807, 2.05) is 30.3 Å². The van der Waals surface area contributed by atoms with Gasteiger partial charge in [-0.1, -0.05) is 18.2 Å². The van der Waals surface area contributed by atoms with E-state index >= 15 is 0 Å². The molecule has 0 saturated carbocycles. The maximum absolute atomic E-state index is 5.45. The number of morpholine rings is 1. The van der Waals surface area contributed by atoms with Gasteiger partial charge in [-0.2, -0.15) is 0 Å². The second-order valence-corrected chi connectivity index (χ2v) is 7.28. The number of hydrogen-bond donors (Lipinski definition) is 2. The van der Waals surface area contributed by atoms with Crippen LogP contribution in [0, 0.1) is 0 Å². The minimum Gasteiger partial charge on any atom is -0.496 e. The van der Waals surface area contributed by atoms with Crippen molar-refractivity contribution in [1.29, 1.82) is 0 Å². The van der Waals surface area contributed by atoms with Gasteiger partial charge in [-0.05, 0) is 36.6 Å². The average Bonchev–Trinajstić information content (AvgIpc) is 3.31. The van der Waals surface area contributed by atoms with Gasteiger partial charge >= 0.3 is 0 Å². The predicted molar refractivity (Wildman–Crippen MR) is 135 cm³/mol. The molecule has 0 amide bonds. The molecule has 2 aromatic rings. The molecule has 0 spiro atoms. The number of methoxy groups -OCH3 is 1. The van der Waals surface area contributed by atoms with Gasteiger partial charge in [0.2, 0.25) is 0 Å². The molecular weight excluding hydrogens is 507 g/mol. The normalized spacial score (nSPS) is 14.7. The number of halogens is 1. The van der Waals surface area contributed by atoms with Gasteiger partial charge in [0.1, 0.15) is 11.5 Å². The van der Waals surface area contributed by atoms with Crippen molar-refractivity contribution in [2.45, 2.75) is 19.3 Å². The Kier molecular flexibility index (Phi) is 12.4. The quantitative estimate of drug-likeness (QED) is 0.197. The van der Waals surface area contributed by atoms with Gasteiger partial charge < -0.3 is 24.5 Å². The molecule has 0 aliphatic carbocycles. The molecule has 3 rings (SSSR count). The summed E-state index contributed by atoms with van der Waals surface area (Å²) in [5.41, 5.74) is 1.19. The summed E-state index contributed by atoms with van der Waals surface area (Å²) in [5.74, 6) is 2.75. The van der Waals surface area contributed by atoms with Crippen molar-refractivity contribution in [2.24, 2.45) is 4.99 Å². The van der Waals surface area contributed by atoms with E-state index < -0.39 is 0 Å². The Hall–Kier alpha value is -1.78. The minimum atomic E-state index is 0. The number of aliphatic imine (C=N–C) groups is 1. The number of furan rings is 1. The van der Waals surface area contributed by atoms with Crippen LogP contribution in [0.4, 0.5) is 0 Å². The van der Waals surface area contributed by atoms with E-state index in [-0.39, 0.29) is 24.0 Å². The molecule has 7 nitrogen and oxygen atoms in total. The number of benzene rings is 1. The fraction of sp³-hybridized carbons (Fsp3) is 0.522. The minimum absolute atomic E-state index is 0.